The van der Waals surface area contributed by atoms with Gasteiger partial charge in [0.05, 0.1) is 11.9 Å². The second-order valence-corrected chi connectivity index (χ2v) is 9.07. The van der Waals surface area contributed by atoms with Gasteiger partial charge in [0, 0.05) is 46.7 Å². The molecular weight excluding hydrogens is 448 g/mol. The number of aromatic nitrogens is 4. The second kappa shape index (κ2) is 9.62. The third-order valence-electron chi connectivity index (χ3n) is 6.20. The second-order valence-electron chi connectivity index (χ2n) is 9.07. The lowest BCUT2D eigenvalue weighted by atomic mass is 9.99. The van der Waals surface area contributed by atoms with Crippen LogP contribution >= 0.6 is 0 Å². The van der Waals surface area contributed by atoms with Gasteiger partial charge in [0.15, 0.2) is 5.65 Å². The number of rotatable bonds is 7. The van der Waals surface area contributed by atoms with Gasteiger partial charge in [0.25, 0.3) is 0 Å². The number of fused-ring (bicyclic) bond motifs is 2. The van der Waals surface area contributed by atoms with Crippen LogP contribution in [0.5, 0.6) is 0 Å². The van der Waals surface area contributed by atoms with Gasteiger partial charge in [-0.15, -0.1) is 0 Å². The largest absolute Gasteiger partial charge is 0.366 e. The minimum Gasteiger partial charge on any atom is -0.366 e. The molecule has 36 heavy (non-hydrogen) atoms. The van der Waals surface area contributed by atoms with Gasteiger partial charge in [0.1, 0.15) is 5.82 Å². The fourth-order valence-corrected chi connectivity index (χ4v) is 4.39. The maximum atomic E-state index is 11.7. The Labute approximate surface area is 209 Å². The van der Waals surface area contributed by atoms with Crippen LogP contribution in [-0.2, 0) is 11.3 Å². The van der Waals surface area contributed by atoms with Crippen molar-refractivity contribution in [2.75, 3.05) is 10.6 Å². The molecule has 2 aromatic carbocycles. The molecule has 3 aromatic heterocycles. The lowest BCUT2D eigenvalue weighted by Crippen LogP contribution is -2.08. The molecule has 7 heteroatoms. The molecule has 1 amide bonds. The SMILES string of the molecule is C=CC(=O)Nc1ccc2c(-c3ccccc3CNc3cc(C)nc4c(C(C)C)cnn34)nccc2c1. The quantitative estimate of drug-likeness (QED) is 0.277. The van der Waals surface area contributed by atoms with Crippen molar-refractivity contribution >= 4 is 33.8 Å². The highest BCUT2D eigenvalue weighted by molar-refractivity contribution is 6.02. The number of aryl methyl sites for hydroxylation is 1. The molecule has 5 aromatic rings. The first-order valence-electron chi connectivity index (χ1n) is 11.9. The van der Waals surface area contributed by atoms with E-state index in [0.717, 1.165) is 56.0 Å². The van der Waals surface area contributed by atoms with E-state index in [4.69, 9.17) is 9.97 Å². The van der Waals surface area contributed by atoms with Crippen LogP contribution in [0, 0.1) is 6.92 Å². The Morgan fingerprint density at radius 3 is 2.78 bits per heavy atom. The first-order chi connectivity index (χ1) is 17.4. The van der Waals surface area contributed by atoms with E-state index in [1.165, 1.54) is 6.08 Å². The van der Waals surface area contributed by atoms with Gasteiger partial charge in [-0.2, -0.15) is 9.61 Å². The summed E-state index contributed by atoms with van der Waals surface area (Å²) < 4.78 is 1.88. The summed E-state index contributed by atoms with van der Waals surface area (Å²) in [6, 6.07) is 18.0. The Kier molecular flexibility index (Phi) is 6.21. The average molecular weight is 477 g/mol. The summed E-state index contributed by atoms with van der Waals surface area (Å²) in [5.41, 5.74) is 6.72. The van der Waals surface area contributed by atoms with E-state index in [1.807, 2.05) is 60.1 Å². The monoisotopic (exact) mass is 476 g/mol. The summed E-state index contributed by atoms with van der Waals surface area (Å²) in [5, 5.41) is 13.0. The summed E-state index contributed by atoms with van der Waals surface area (Å²) >= 11 is 0. The molecule has 0 bridgehead atoms. The summed E-state index contributed by atoms with van der Waals surface area (Å²) in [6.07, 6.45) is 4.96. The zero-order valence-corrected chi connectivity index (χ0v) is 20.6. The van der Waals surface area contributed by atoms with Gasteiger partial charge < -0.3 is 10.6 Å². The first-order valence-corrected chi connectivity index (χ1v) is 11.9. The van der Waals surface area contributed by atoms with Gasteiger partial charge in [-0.25, -0.2) is 4.98 Å². The predicted molar refractivity (Wildman–Crippen MR) is 145 cm³/mol. The molecule has 0 aliphatic rings. The van der Waals surface area contributed by atoms with Crippen molar-refractivity contribution in [3.63, 3.8) is 0 Å². The number of carbonyl (C=O) groups is 1. The smallest absolute Gasteiger partial charge is 0.247 e. The van der Waals surface area contributed by atoms with Crippen molar-refractivity contribution in [1.29, 1.82) is 0 Å². The van der Waals surface area contributed by atoms with Crippen LogP contribution in [0.25, 0.3) is 27.7 Å². The van der Waals surface area contributed by atoms with Crippen LogP contribution in [0.2, 0.25) is 0 Å². The fourth-order valence-electron chi connectivity index (χ4n) is 4.39. The van der Waals surface area contributed by atoms with Crippen LogP contribution in [0.15, 0.2) is 79.6 Å². The van der Waals surface area contributed by atoms with Crippen LogP contribution in [0.1, 0.15) is 36.6 Å². The maximum absolute atomic E-state index is 11.7. The number of benzene rings is 2. The number of amides is 1. The molecule has 0 aliphatic heterocycles. The average Bonchev–Trinajstić information content (AvgIpc) is 3.31. The van der Waals surface area contributed by atoms with Crippen molar-refractivity contribution < 1.29 is 4.79 Å². The number of nitrogens with zero attached hydrogens (tertiary/aromatic N) is 4. The van der Waals surface area contributed by atoms with E-state index in [2.05, 4.69) is 48.3 Å². The van der Waals surface area contributed by atoms with Crippen molar-refractivity contribution in [3.05, 3.63) is 96.5 Å². The minimum atomic E-state index is -0.238. The number of hydrogen-bond acceptors (Lipinski definition) is 5. The molecule has 0 aliphatic carbocycles. The Morgan fingerprint density at radius 1 is 1.14 bits per heavy atom. The van der Waals surface area contributed by atoms with Crippen LogP contribution in [0.4, 0.5) is 11.5 Å². The number of hydrogen-bond donors (Lipinski definition) is 2. The van der Waals surface area contributed by atoms with E-state index < -0.39 is 0 Å². The van der Waals surface area contributed by atoms with E-state index in [1.54, 1.807) is 6.20 Å². The lowest BCUT2D eigenvalue weighted by Gasteiger charge is -2.14. The Morgan fingerprint density at radius 2 is 1.97 bits per heavy atom. The Bertz CT molecular complexity index is 1600. The van der Waals surface area contributed by atoms with Crippen LogP contribution in [0.3, 0.4) is 0 Å². The van der Waals surface area contributed by atoms with Crippen LogP contribution in [-0.4, -0.2) is 25.5 Å². The van der Waals surface area contributed by atoms with Gasteiger partial charge in [0.2, 0.25) is 5.91 Å². The normalized spacial score (nSPS) is 11.2. The molecule has 3 heterocycles. The number of pyridine rings is 1. The zero-order valence-electron chi connectivity index (χ0n) is 20.6. The molecule has 0 atom stereocenters. The minimum absolute atomic E-state index is 0.238. The summed E-state index contributed by atoms with van der Waals surface area (Å²) in [7, 11) is 0. The molecule has 0 spiro atoms. The third-order valence-corrected chi connectivity index (χ3v) is 6.20. The number of nitrogens with one attached hydrogen (secondary N) is 2. The topological polar surface area (TPSA) is 84.2 Å². The predicted octanol–water partition coefficient (Wildman–Crippen LogP) is 6.11. The highest BCUT2D eigenvalue weighted by atomic mass is 16.1. The van der Waals surface area contributed by atoms with Crippen molar-refractivity contribution in [3.8, 4) is 11.3 Å². The highest BCUT2D eigenvalue weighted by Gasteiger charge is 2.14. The lowest BCUT2D eigenvalue weighted by molar-refractivity contribution is -0.111. The van der Waals surface area contributed by atoms with Crippen molar-refractivity contribution in [1.82, 2.24) is 19.6 Å². The van der Waals surface area contributed by atoms with Gasteiger partial charge in [-0.3, -0.25) is 9.78 Å². The van der Waals surface area contributed by atoms with E-state index in [-0.39, 0.29) is 5.91 Å². The summed E-state index contributed by atoms with van der Waals surface area (Å²) in [4.78, 5) is 21.2. The van der Waals surface area contributed by atoms with Gasteiger partial charge in [-0.1, -0.05) is 50.8 Å². The molecule has 2 N–H and O–H groups in total. The maximum Gasteiger partial charge on any atom is 0.247 e. The van der Waals surface area contributed by atoms with E-state index in [0.29, 0.717) is 12.5 Å². The standard InChI is InChI=1S/C29H28N6O/c1-5-27(36)34-22-10-11-24-20(15-22)12-13-30-28(24)23-9-7-6-8-21(23)16-31-26-14-19(4)33-29-25(18(2)3)17-32-35(26)29/h5-15,17-18,31H,1,16H2,2-4H3,(H,34,36). The molecule has 0 saturated heterocycles. The van der Waals surface area contributed by atoms with Gasteiger partial charge in [-0.05, 0) is 48.1 Å². The number of anilines is 2. The van der Waals surface area contributed by atoms with Crippen molar-refractivity contribution in [2.24, 2.45) is 0 Å². The Balaban J connectivity index is 1.49. The molecule has 0 saturated carbocycles. The molecule has 5 rings (SSSR count). The fraction of sp³-hybridized carbons (Fsp3) is 0.172. The molecule has 7 nitrogen and oxygen atoms in total. The van der Waals surface area contributed by atoms with Gasteiger partial charge >= 0.3 is 0 Å². The first kappa shape index (κ1) is 23.2. The molecular formula is C29H28N6O. The zero-order chi connectivity index (χ0) is 25.2. The molecule has 0 unspecified atom stereocenters. The van der Waals surface area contributed by atoms with E-state index >= 15 is 0 Å². The molecule has 0 fully saturated rings. The molecule has 0 radical (unpaired) electrons. The highest BCUT2D eigenvalue weighted by Crippen LogP contribution is 2.31. The summed E-state index contributed by atoms with van der Waals surface area (Å²) in [6.45, 7) is 10.4. The number of carbonyl (C=O) groups excluding carboxylic acids is 1. The Hall–Kier alpha value is -4.52. The molecule has 180 valence electrons. The third kappa shape index (κ3) is 4.43. The summed E-state index contributed by atoms with van der Waals surface area (Å²) in [5.74, 6) is 0.999. The van der Waals surface area contributed by atoms with Crippen LogP contribution < -0.4 is 10.6 Å². The van der Waals surface area contributed by atoms with Crippen molar-refractivity contribution in [2.45, 2.75) is 33.2 Å². The van der Waals surface area contributed by atoms with E-state index in [9.17, 15) is 4.79 Å².